The summed E-state index contributed by atoms with van der Waals surface area (Å²) in [6.45, 7) is 5.99. The molecule has 1 aromatic rings. The van der Waals surface area contributed by atoms with Crippen LogP contribution in [0.1, 0.15) is 44.6 Å². The van der Waals surface area contributed by atoms with E-state index in [1.807, 2.05) is 26.0 Å². The summed E-state index contributed by atoms with van der Waals surface area (Å²) in [4.78, 5) is 0. The first-order chi connectivity index (χ1) is 6.54. The van der Waals surface area contributed by atoms with Gasteiger partial charge in [-0.25, -0.2) is 0 Å². The van der Waals surface area contributed by atoms with Gasteiger partial charge in [0.25, 0.3) is 0 Å². The van der Waals surface area contributed by atoms with Crippen molar-refractivity contribution in [3.63, 3.8) is 0 Å². The lowest BCUT2D eigenvalue weighted by Gasteiger charge is -2.10. The zero-order valence-electron chi connectivity index (χ0n) is 8.87. The number of rotatable bonds is 2. The van der Waals surface area contributed by atoms with Crippen LogP contribution in [0.4, 0.5) is 0 Å². The minimum absolute atomic E-state index is 0.504. The molecule has 0 spiro atoms. The molecule has 2 heteroatoms. The van der Waals surface area contributed by atoms with Crippen LogP contribution < -0.4 is 0 Å². The lowest BCUT2D eigenvalue weighted by atomic mass is 9.93. The predicted octanol–water partition coefficient (Wildman–Crippen LogP) is 3.20. The third-order valence-corrected chi connectivity index (χ3v) is 3.00. The quantitative estimate of drug-likeness (QED) is 0.716. The molecule has 0 aliphatic heterocycles. The summed E-state index contributed by atoms with van der Waals surface area (Å²) in [5.41, 5.74) is -0.504. The Morgan fingerprint density at radius 3 is 2.64 bits per heavy atom. The highest BCUT2D eigenvalue weighted by molar-refractivity contribution is 5.25. The van der Waals surface area contributed by atoms with Crippen LogP contribution in [0, 0.1) is 17.2 Å². The Morgan fingerprint density at radius 1 is 1.50 bits per heavy atom. The highest BCUT2D eigenvalue weighted by Gasteiger charge is 2.37. The molecule has 1 aliphatic carbocycles. The Morgan fingerprint density at radius 2 is 2.14 bits per heavy atom. The zero-order chi connectivity index (χ0) is 10.3. The molecule has 0 saturated heterocycles. The minimum Gasteiger partial charge on any atom is -0.464 e. The normalized spacial score (nSPS) is 25.9. The van der Waals surface area contributed by atoms with E-state index in [1.165, 1.54) is 6.42 Å². The van der Waals surface area contributed by atoms with Gasteiger partial charge in [-0.1, -0.05) is 6.92 Å². The second-order valence-electron chi connectivity index (χ2n) is 4.76. The molecule has 2 unspecified atom stereocenters. The van der Waals surface area contributed by atoms with Crippen molar-refractivity contribution in [2.24, 2.45) is 5.92 Å². The Labute approximate surface area is 84.5 Å². The van der Waals surface area contributed by atoms with Gasteiger partial charge in [0, 0.05) is 5.92 Å². The first-order valence-corrected chi connectivity index (χ1v) is 5.06. The molecular weight excluding hydrogens is 174 g/mol. The fraction of sp³-hybridized carbons (Fsp3) is 0.583. The van der Waals surface area contributed by atoms with Crippen molar-refractivity contribution in [2.75, 3.05) is 0 Å². The van der Waals surface area contributed by atoms with Gasteiger partial charge < -0.3 is 4.42 Å². The molecule has 0 aromatic carbocycles. The summed E-state index contributed by atoms with van der Waals surface area (Å²) in [7, 11) is 0. The van der Waals surface area contributed by atoms with Crippen LogP contribution in [0.3, 0.4) is 0 Å². The lowest BCUT2D eigenvalue weighted by Crippen LogP contribution is -2.12. The molecule has 74 valence electrons. The Bertz CT molecular complexity index is 383. The van der Waals surface area contributed by atoms with Gasteiger partial charge in [0.05, 0.1) is 6.07 Å². The maximum absolute atomic E-state index is 8.95. The van der Waals surface area contributed by atoms with Crippen molar-refractivity contribution in [2.45, 2.75) is 38.5 Å². The van der Waals surface area contributed by atoms with Crippen molar-refractivity contribution in [3.8, 4) is 6.07 Å². The van der Waals surface area contributed by atoms with Crippen LogP contribution in [0.2, 0.25) is 0 Å². The van der Waals surface area contributed by atoms with Gasteiger partial charge in [-0.05, 0) is 38.3 Å². The van der Waals surface area contributed by atoms with E-state index in [0.717, 1.165) is 17.4 Å². The van der Waals surface area contributed by atoms with Crippen LogP contribution in [-0.2, 0) is 5.41 Å². The van der Waals surface area contributed by atoms with E-state index in [1.54, 1.807) is 0 Å². The number of nitriles is 1. The number of furan rings is 1. The smallest absolute Gasteiger partial charge is 0.123 e. The first-order valence-electron chi connectivity index (χ1n) is 5.06. The van der Waals surface area contributed by atoms with Crippen molar-refractivity contribution in [1.29, 1.82) is 5.26 Å². The number of hydrogen-bond donors (Lipinski definition) is 0. The monoisotopic (exact) mass is 189 g/mol. The molecule has 0 radical (unpaired) electrons. The second-order valence-corrected chi connectivity index (χ2v) is 4.76. The average molecular weight is 189 g/mol. The van der Waals surface area contributed by atoms with Crippen LogP contribution in [0.15, 0.2) is 16.5 Å². The third-order valence-electron chi connectivity index (χ3n) is 3.00. The summed E-state index contributed by atoms with van der Waals surface area (Å²) < 4.78 is 5.71. The predicted molar refractivity (Wildman–Crippen MR) is 53.9 cm³/mol. The van der Waals surface area contributed by atoms with E-state index in [0.29, 0.717) is 5.92 Å². The maximum Gasteiger partial charge on any atom is 0.123 e. The van der Waals surface area contributed by atoms with Crippen LogP contribution in [-0.4, -0.2) is 0 Å². The molecule has 0 bridgehead atoms. The van der Waals surface area contributed by atoms with Crippen LogP contribution in [0.5, 0.6) is 0 Å². The highest BCUT2D eigenvalue weighted by atomic mass is 16.3. The number of hydrogen-bond acceptors (Lipinski definition) is 2. The fourth-order valence-electron chi connectivity index (χ4n) is 1.66. The van der Waals surface area contributed by atoms with Gasteiger partial charge in [-0.3, -0.25) is 0 Å². The molecule has 14 heavy (non-hydrogen) atoms. The topological polar surface area (TPSA) is 36.9 Å². The van der Waals surface area contributed by atoms with Gasteiger partial charge >= 0.3 is 0 Å². The van der Waals surface area contributed by atoms with Gasteiger partial charge in [0.1, 0.15) is 16.9 Å². The van der Waals surface area contributed by atoms with Gasteiger partial charge in [-0.2, -0.15) is 5.26 Å². The van der Waals surface area contributed by atoms with E-state index in [2.05, 4.69) is 13.0 Å². The van der Waals surface area contributed by atoms with Crippen molar-refractivity contribution in [3.05, 3.63) is 23.7 Å². The standard InChI is InChI=1S/C12H15NO/c1-8-6-9(8)10-4-5-11(14-10)12(2,3)7-13/h4-5,8-9H,6H2,1-3H3. The second kappa shape index (κ2) is 2.88. The molecule has 2 atom stereocenters. The lowest BCUT2D eigenvalue weighted by molar-refractivity contribution is 0.412. The summed E-state index contributed by atoms with van der Waals surface area (Å²) in [5.74, 6) is 3.18. The van der Waals surface area contributed by atoms with Crippen LogP contribution in [0.25, 0.3) is 0 Å². The Hall–Kier alpha value is -1.23. The minimum atomic E-state index is -0.504. The van der Waals surface area contributed by atoms with Crippen molar-refractivity contribution < 1.29 is 4.42 Å². The van der Waals surface area contributed by atoms with E-state index in [4.69, 9.17) is 9.68 Å². The molecular formula is C12H15NO. The molecule has 0 amide bonds. The summed E-state index contributed by atoms with van der Waals surface area (Å²) in [6, 6.07) is 6.20. The molecule has 1 heterocycles. The Kier molecular flexibility index (Phi) is 1.92. The van der Waals surface area contributed by atoms with E-state index < -0.39 is 5.41 Å². The molecule has 0 N–H and O–H groups in total. The largest absolute Gasteiger partial charge is 0.464 e. The molecule has 1 fully saturated rings. The molecule has 2 nitrogen and oxygen atoms in total. The SMILES string of the molecule is CC1CC1c1ccc(C(C)(C)C#N)o1. The van der Waals surface area contributed by atoms with Crippen LogP contribution >= 0.6 is 0 Å². The third kappa shape index (κ3) is 1.43. The zero-order valence-corrected chi connectivity index (χ0v) is 8.87. The van der Waals surface area contributed by atoms with E-state index in [9.17, 15) is 0 Å². The molecule has 1 aromatic heterocycles. The summed E-state index contributed by atoms with van der Waals surface area (Å²) in [6.07, 6.45) is 1.22. The molecule has 2 rings (SSSR count). The first kappa shape index (κ1) is 9.33. The average Bonchev–Trinajstić information content (AvgIpc) is 2.70. The molecule has 1 aliphatic rings. The van der Waals surface area contributed by atoms with E-state index in [-0.39, 0.29) is 0 Å². The van der Waals surface area contributed by atoms with Crippen molar-refractivity contribution in [1.82, 2.24) is 0 Å². The highest BCUT2D eigenvalue weighted by Crippen LogP contribution is 2.47. The number of nitrogens with zero attached hydrogens (tertiary/aromatic N) is 1. The Balaban J connectivity index is 2.23. The molecule has 1 saturated carbocycles. The van der Waals surface area contributed by atoms with Crippen molar-refractivity contribution >= 4 is 0 Å². The summed E-state index contributed by atoms with van der Waals surface area (Å²) >= 11 is 0. The fourth-order valence-corrected chi connectivity index (χ4v) is 1.66. The van der Waals surface area contributed by atoms with Gasteiger partial charge in [0.2, 0.25) is 0 Å². The van der Waals surface area contributed by atoms with Gasteiger partial charge in [-0.15, -0.1) is 0 Å². The maximum atomic E-state index is 8.95. The van der Waals surface area contributed by atoms with Gasteiger partial charge in [0.15, 0.2) is 0 Å². The summed E-state index contributed by atoms with van der Waals surface area (Å²) in [5, 5.41) is 8.95. The van der Waals surface area contributed by atoms with E-state index >= 15 is 0 Å².